The number of unbranched alkanes of at least 4 members (excludes halogenated alkanes) is 5. The van der Waals surface area contributed by atoms with Crippen LogP contribution >= 0.6 is 7.60 Å². The number of methoxy groups -OCH3 is 1. The predicted octanol–water partition coefficient (Wildman–Crippen LogP) is 4.21. The Morgan fingerprint density at radius 2 is 1.44 bits per heavy atom. The summed E-state index contributed by atoms with van der Waals surface area (Å²) in [6, 6.07) is 8.78. The van der Waals surface area contributed by atoms with Crippen molar-refractivity contribution in [3.8, 4) is 0 Å². The van der Waals surface area contributed by atoms with Gasteiger partial charge in [0, 0.05) is 12.8 Å². The first kappa shape index (κ1) is 21.4. The van der Waals surface area contributed by atoms with Crippen LogP contribution in [0.3, 0.4) is 0 Å². The van der Waals surface area contributed by atoms with Gasteiger partial charge < -0.3 is 14.2 Å². The molecule has 0 aliphatic carbocycles. The first-order valence-corrected chi connectivity index (χ1v) is 10.3. The lowest BCUT2D eigenvalue weighted by atomic mass is 10.1. The van der Waals surface area contributed by atoms with Crippen molar-refractivity contribution in [3.05, 3.63) is 35.9 Å². The van der Waals surface area contributed by atoms with Crippen LogP contribution < -0.4 is 0 Å². The Morgan fingerprint density at radius 3 is 2.00 bits per heavy atom. The topological polar surface area (TPSA) is 89.9 Å². The molecular weight excluding hydrogens is 343 g/mol. The van der Waals surface area contributed by atoms with Gasteiger partial charge in [0.1, 0.15) is 0 Å². The van der Waals surface area contributed by atoms with Crippen LogP contribution in [0.1, 0.15) is 56.9 Å². The molecule has 0 saturated carbocycles. The fourth-order valence-electron chi connectivity index (χ4n) is 2.40. The van der Waals surface area contributed by atoms with Crippen molar-refractivity contribution in [3.63, 3.8) is 0 Å². The van der Waals surface area contributed by atoms with Crippen LogP contribution in [0.2, 0.25) is 0 Å². The van der Waals surface area contributed by atoms with Gasteiger partial charge in [-0.2, -0.15) is 0 Å². The highest BCUT2D eigenvalue weighted by Gasteiger charge is 2.24. The minimum atomic E-state index is -3.95. The van der Waals surface area contributed by atoms with Crippen LogP contribution in [-0.4, -0.2) is 23.9 Å². The Kier molecular flexibility index (Phi) is 10.1. The molecule has 140 valence electrons. The van der Waals surface area contributed by atoms with Crippen molar-refractivity contribution >= 4 is 19.5 Å². The third-order valence-corrected chi connectivity index (χ3v) is 4.96. The van der Waals surface area contributed by atoms with Crippen LogP contribution in [-0.2, 0) is 29.6 Å². The molecule has 0 spiro atoms. The maximum Gasteiger partial charge on any atom is 0.383 e. The van der Waals surface area contributed by atoms with Gasteiger partial charge in [-0.15, -0.1) is 0 Å². The molecule has 0 amide bonds. The highest BCUT2D eigenvalue weighted by molar-refractivity contribution is 7.52. The average Bonchev–Trinajstić information content (AvgIpc) is 2.56. The first-order chi connectivity index (χ1) is 11.9. The van der Waals surface area contributed by atoms with Gasteiger partial charge in [-0.25, -0.2) is 4.57 Å². The molecule has 25 heavy (non-hydrogen) atoms. The summed E-state index contributed by atoms with van der Waals surface area (Å²) in [6.45, 7) is 0. The van der Waals surface area contributed by atoms with Crippen molar-refractivity contribution in [1.82, 2.24) is 0 Å². The zero-order chi connectivity index (χ0) is 18.5. The smallest absolute Gasteiger partial charge is 0.383 e. The number of carbonyl (C=O) groups is 2. The molecule has 1 atom stereocenters. The lowest BCUT2D eigenvalue weighted by Gasteiger charge is -2.12. The van der Waals surface area contributed by atoms with Gasteiger partial charge in [0.2, 0.25) is 0 Å². The number of hydrogen-bond donors (Lipinski definition) is 1. The van der Waals surface area contributed by atoms with Gasteiger partial charge in [0.05, 0.1) is 13.3 Å². The third kappa shape index (κ3) is 10.7. The van der Waals surface area contributed by atoms with Crippen molar-refractivity contribution in [1.29, 1.82) is 0 Å². The van der Waals surface area contributed by atoms with Crippen molar-refractivity contribution in [2.45, 2.75) is 57.5 Å². The van der Waals surface area contributed by atoms with E-state index in [1.807, 2.05) is 6.07 Å². The minimum Gasteiger partial charge on any atom is -0.469 e. The van der Waals surface area contributed by atoms with Crippen molar-refractivity contribution in [2.24, 2.45) is 0 Å². The summed E-state index contributed by atoms with van der Waals surface area (Å²) in [5, 5.41) is 0. The van der Waals surface area contributed by atoms with Crippen LogP contribution in [0, 0.1) is 0 Å². The average molecular weight is 370 g/mol. The van der Waals surface area contributed by atoms with E-state index < -0.39 is 13.6 Å². The molecule has 0 saturated heterocycles. The van der Waals surface area contributed by atoms with E-state index in [4.69, 9.17) is 4.52 Å². The van der Waals surface area contributed by atoms with Gasteiger partial charge in [0.25, 0.3) is 0 Å². The molecule has 1 rings (SSSR count). The van der Waals surface area contributed by atoms with E-state index in [-0.39, 0.29) is 18.6 Å². The second kappa shape index (κ2) is 11.8. The highest BCUT2D eigenvalue weighted by atomic mass is 31.2. The van der Waals surface area contributed by atoms with E-state index >= 15 is 0 Å². The van der Waals surface area contributed by atoms with Gasteiger partial charge in [-0.3, -0.25) is 9.59 Å². The number of hydrogen-bond acceptors (Lipinski definition) is 5. The summed E-state index contributed by atoms with van der Waals surface area (Å²) in [5.41, 5.74) is 0.660. The number of carbonyl (C=O) groups excluding carboxylic acids is 2. The molecule has 1 aromatic carbocycles. The van der Waals surface area contributed by atoms with Crippen molar-refractivity contribution < 1.29 is 28.3 Å². The molecule has 7 heteroatoms. The maximum atomic E-state index is 12.0. The molecule has 0 fully saturated rings. The largest absolute Gasteiger partial charge is 0.469 e. The second-order valence-electron chi connectivity index (χ2n) is 5.94. The maximum absolute atomic E-state index is 12.0. The molecule has 1 N–H and O–H groups in total. The molecule has 0 aromatic heterocycles. The van der Waals surface area contributed by atoms with E-state index in [9.17, 15) is 19.0 Å². The van der Waals surface area contributed by atoms with Gasteiger partial charge in [-0.05, 0) is 18.4 Å². The number of esters is 1. The Labute approximate surface area is 149 Å². The Bertz CT molecular complexity index is 572. The number of benzene rings is 1. The van der Waals surface area contributed by atoms with Gasteiger partial charge in [-0.1, -0.05) is 56.0 Å². The fraction of sp³-hybridized carbons (Fsp3) is 0.556. The van der Waals surface area contributed by atoms with E-state index in [0.29, 0.717) is 18.4 Å². The van der Waals surface area contributed by atoms with E-state index in [0.717, 1.165) is 32.1 Å². The zero-order valence-corrected chi connectivity index (χ0v) is 15.6. The second-order valence-corrected chi connectivity index (χ2v) is 7.72. The summed E-state index contributed by atoms with van der Waals surface area (Å²) < 4.78 is 21.3. The summed E-state index contributed by atoms with van der Waals surface area (Å²) in [5.74, 6) is -0.820. The zero-order valence-electron chi connectivity index (χ0n) is 14.7. The Balaban J connectivity index is 2.10. The molecule has 6 nitrogen and oxygen atoms in total. The predicted molar refractivity (Wildman–Crippen MR) is 95.0 cm³/mol. The summed E-state index contributed by atoms with van der Waals surface area (Å²) in [6.07, 6.45) is 5.58. The lowest BCUT2D eigenvalue weighted by molar-refractivity contribution is -0.140. The highest BCUT2D eigenvalue weighted by Crippen LogP contribution is 2.46. The number of rotatable bonds is 12. The quantitative estimate of drug-likeness (QED) is 0.337. The molecule has 0 radical (unpaired) electrons. The van der Waals surface area contributed by atoms with Crippen molar-refractivity contribution in [2.75, 3.05) is 7.11 Å². The summed E-state index contributed by atoms with van der Waals surface area (Å²) in [4.78, 5) is 32.4. The monoisotopic (exact) mass is 370 g/mol. The minimum absolute atomic E-state index is 0.140. The fourth-order valence-corrected chi connectivity index (χ4v) is 3.55. The normalized spacial score (nSPS) is 13.0. The molecular formula is C18H27O6P. The first-order valence-electron chi connectivity index (χ1n) is 8.58. The number of ether oxygens (including phenoxy) is 1. The Morgan fingerprint density at radius 1 is 0.920 bits per heavy atom. The lowest BCUT2D eigenvalue weighted by Crippen LogP contribution is -2.04. The van der Waals surface area contributed by atoms with Crippen LogP contribution in [0.4, 0.5) is 0 Å². The van der Waals surface area contributed by atoms with Gasteiger partial charge >= 0.3 is 19.5 Å². The standard InChI is InChI=1S/C18H27O6P/c1-23-17(19)13-9-4-2-3-5-10-14-18(20)24-25(21,22)15-16-11-7-6-8-12-16/h6-8,11-12H,2-5,9-10,13-15H2,1H3,(H,21,22). The van der Waals surface area contributed by atoms with E-state index in [2.05, 4.69) is 4.74 Å². The SMILES string of the molecule is COC(=O)CCCCCCCCC(=O)OP(=O)(O)Cc1ccccc1. The molecule has 1 unspecified atom stereocenters. The van der Waals surface area contributed by atoms with Crippen LogP contribution in [0.5, 0.6) is 0 Å². The van der Waals surface area contributed by atoms with E-state index in [1.54, 1.807) is 24.3 Å². The molecule has 1 aromatic rings. The molecule has 0 aliphatic rings. The molecule has 0 bridgehead atoms. The Hall–Kier alpha value is -1.65. The van der Waals surface area contributed by atoms with Crippen LogP contribution in [0.15, 0.2) is 30.3 Å². The third-order valence-electron chi connectivity index (χ3n) is 3.71. The van der Waals surface area contributed by atoms with E-state index in [1.165, 1.54) is 7.11 Å². The molecule has 0 aliphatic heterocycles. The summed E-state index contributed by atoms with van der Waals surface area (Å²) >= 11 is 0. The van der Waals surface area contributed by atoms with Crippen LogP contribution in [0.25, 0.3) is 0 Å². The van der Waals surface area contributed by atoms with Gasteiger partial charge in [0.15, 0.2) is 0 Å². The molecule has 0 heterocycles. The summed E-state index contributed by atoms with van der Waals surface area (Å²) in [7, 11) is -2.57.